The topological polar surface area (TPSA) is 81.8 Å². The molecule has 25 heavy (non-hydrogen) atoms. The molecule has 0 N–H and O–H groups in total. The Kier molecular flexibility index (Phi) is 4.76. The fourth-order valence-electron chi connectivity index (χ4n) is 2.08. The van der Waals surface area contributed by atoms with Gasteiger partial charge >= 0.3 is 5.97 Å². The van der Waals surface area contributed by atoms with Gasteiger partial charge in [-0.1, -0.05) is 40.9 Å². The molecular formula is C16H7Cl3N2O4. The van der Waals surface area contributed by atoms with Crippen LogP contribution in [0.5, 0.6) is 0 Å². The molecule has 0 amide bonds. The second kappa shape index (κ2) is 6.84. The lowest BCUT2D eigenvalue weighted by molar-refractivity contribution is -0.384. The minimum atomic E-state index is -0.705. The molecule has 3 rings (SSSR count). The molecule has 0 saturated carbocycles. The molecule has 9 heteroatoms. The van der Waals surface area contributed by atoms with Gasteiger partial charge in [0.1, 0.15) is 0 Å². The van der Waals surface area contributed by atoms with Crippen LogP contribution in [0.25, 0.3) is 6.08 Å². The van der Waals surface area contributed by atoms with Gasteiger partial charge in [0.05, 0.1) is 25.6 Å². The predicted molar refractivity (Wildman–Crippen MR) is 95.2 cm³/mol. The van der Waals surface area contributed by atoms with E-state index in [9.17, 15) is 14.9 Å². The summed E-state index contributed by atoms with van der Waals surface area (Å²) in [5.41, 5.74) is 0.564. The minimum Gasteiger partial charge on any atom is -0.402 e. The third-order valence-corrected chi connectivity index (χ3v) is 4.33. The molecular weight excluding hydrogens is 391 g/mol. The Bertz CT molecular complexity index is 970. The van der Waals surface area contributed by atoms with Crippen LogP contribution < -0.4 is 0 Å². The van der Waals surface area contributed by atoms with Crippen LogP contribution in [-0.4, -0.2) is 16.8 Å². The third kappa shape index (κ3) is 3.66. The maximum Gasteiger partial charge on any atom is 0.363 e. The molecule has 0 radical (unpaired) electrons. The molecule has 0 saturated heterocycles. The minimum absolute atomic E-state index is 0.0101. The van der Waals surface area contributed by atoms with Crippen LogP contribution in [0.2, 0.25) is 15.1 Å². The van der Waals surface area contributed by atoms with Gasteiger partial charge in [-0.25, -0.2) is 9.79 Å². The Morgan fingerprint density at radius 2 is 1.76 bits per heavy atom. The summed E-state index contributed by atoms with van der Waals surface area (Å²) in [6, 6.07) is 8.58. The highest BCUT2D eigenvalue weighted by molar-refractivity contribution is 6.42. The van der Waals surface area contributed by atoms with Gasteiger partial charge in [0.2, 0.25) is 5.90 Å². The molecule has 1 aliphatic heterocycles. The first-order valence-electron chi connectivity index (χ1n) is 6.77. The zero-order valence-electron chi connectivity index (χ0n) is 12.2. The van der Waals surface area contributed by atoms with Crippen LogP contribution in [0.15, 0.2) is 47.1 Å². The number of carbonyl (C=O) groups is 1. The van der Waals surface area contributed by atoms with E-state index in [-0.39, 0.29) is 27.9 Å². The maximum absolute atomic E-state index is 12.0. The molecule has 1 heterocycles. The van der Waals surface area contributed by atoms with Gasteiger partial charge in [0.15, 0.2) is 5.70 Å². The lowest BCUT2D eigenvalue weighted by Crippen LogP contribution is -2.06. The smallest absolute Gasteiger partial charge is 0.363 e. The van der Waals surface area contributed by atoms with Crippen molar-refractivity contribution in [2.75, 3.05) is 0 Å². The average molecular weight is 398 g/mol. The standard InChI is InChI=1S/C16H7Cl3N2O4/c17-11-4-2-9(21(23)24)7-10(11)15-20-14(16(22)25-15)6-8-1-3-12(18)13(19)5-8/h1-7H. The van der Waals surface area contributed by atoms with Crippen LogP contribution in [-0.2, 0) is 9.53 Å². The Labute approximate surface area is 156 Å². The van der Waals surface area contributed by atoms with E-state index < -0.39 is 10.9 Å². The van der Waals surface area contributed by atoms with Crippen molar-refractivity contribution < 1.29 is 14.5 Å². The number of halogens is 3. The number of benzene rings is 2. The molecule has 0 spiro atoms. The number of esters is 1. The highest BCUT2D eigenvalue weighted by Gasteiger charge is 2.27. The van der Waals surface area contributed by atoms with Gasteiger partial charge in [0, 0.05) is 12.1 Å². The quantitative estimate of drug-likeness (QED) is 0.319. The number of nitro groups is 1. The van der Waals surface area contributed by atoms with Crippen LogP contribution in [0.4, 0.5) is 5.69 Å². The number of non-ortho nitro benzene ring substituents is 1. The van der Waals surface area contributed by atoms with Crippen molar-refractivity contribution in [2.45, 2.75) is 0 Å². The highest BCUT2D eigenvalue weighted by atomic mass is 35.5. The first kappa shape index (κ1) is 17.4. The van der Waals surface area contributed by atoms with Crippen molar-refractivity contribution in [3.63, 3.8) is 0 Å². The van der Waals surface area contributed by atoms with E-state index in [1.807, 2.05) is 0 Å². The number of cyclic esters (lactones) is 1. The summed E-state index contributed by atoms with van der Waals surface area (Å²) in [7, 11) is 0. The Morgan fingerprint density at radius 1 is 1.04 bits per heavy atom. The Morgan fingerprint density at radius 3 is 2.44 bits per heavy atom. The molecule has 0 aromatic heterocycles. The summed E-state index contributed by atoms with van der Waals surface area (Å²) in [5, 5.41) is 11.8. The van der Waals surface area contributed by atoms with Gasteiger partial charge in [-0.3, -0.25) is 10.1 Å². The van der Waals surface area contributed by atoms with Gasteiger partial charge in [-0.15, -0.1) is 0 Å². The van der Waals surface area contributed by atoms with Gasteiger partial charge in [-0.2, -0.15) is 0 Å². The molecule has 0 bridgehead atoms. The van der Waals surface area contributed by atoms with Crippen molar-refractivity contribution in [2.24, 2.45) is 4.99 Å². The fourth-order valence-corrected chi connectivity index (χ4v) is 2.58. The van der Waals surface area contributed by atoms with Crippen LogP contribution in [0.3, 0.4) is 0 Å². The number of nitrogens with zero attached hydrogens (tertiary/aromatic N) is 2. The average Bonchev–Trinajstić information content (AvgIpc) is 2.92. The summed E-state index contributed by atoms with van der Waals surface area (Å²) in [4.78, 5) is 26.4. The van der Waals surface area contributed by atoms with Crippen LogP contribution in [0.1, 0.15) is 11.1 Å². The molecule has 126 valence electrons. The largest absolute Gasteiger partial charge is 0.402 e. The maximum atomic E-state index is 12.0. The molecule has 1 aliphatic rings. The van der Waals surface area contributed by atoms with E-state index in [0.717, 1.165) is 0 Å². The van der Waals surface area contributed by atoms with Crippen molar-refractivity contribution in [1.82, 2.24) is 0 Å². The van der Waals surface area contributed by atoms with Crippen LogP contribution >= 0.6 is 34.8 Å². The molecule has 6 nitrogen and oxygen atoms in total. The SMILES string of the molecule is O=C1OC(c2cc([N+](=O)[O-])ccc2Cl)=NC1=Cc1ccc(Cl)c(Cl)c1. The lowest BCUT2D eigenvalue weighted by Gasteiger charge is -2.02. The second-order valence-corrected chi connectivity index (χ2v) is 6.15. The van der Waals surface area contributed by atoms with Crippen molar-refractivity contribution >= 4 is 58.4 Å². The monoisotopic (exact) mass is 396 g/mol. The van der Waals surface area contributed by atoms with Crippen molar-refractivity contribution in [3.05, 3.63) is 78.4 Å². The van der Waals surface area contributed by atoms with Crippen molar-refractivity contribution in [1.29, 1.82) is 0 Å². The van der Waals surface area contributed by atoms with E-state index in [2.05, 4.69) is 4.99 Å². The number of hydrogen-bond acceptors (Lipinski definition) is 5. The highest BCUT2D eigenvalue weighted by Crippen LogP contribution is 2.28. The van der Waals surface area contributed by atoms with E-state index in [1.54, 1.807) is 18.2 Å². The fraction of sp³-hybridized carbons (Fsp3) is 0. The molecule has 0 atom stereocenters. The molecule has 2 aromatic carbocycles. The number of rotatable bonds is 3. The number of carbonyl (C=O) groups excluding carboxylic acids is 1. The van der Waals surface area contributed by atoms with E-state index in [4.69, 9.17) is 39.5 Å². The predicted octanol–water partition coefficient (Wildman–Crippen LogP) is 4.90. The summed E-state index contributed by atoms with van der Waals surface area (Å²) in [6.07, 6.45) is 1.46. The van der Waals surface area contributed by atoms with E-state index in [0.29, 0.717) is 15.6 Å². The number of ether oxygens (including phenoxy) is 1. The normalized spacial score (nSPS) is 15.2. The summed E-state index contributed by atoms with van der Waals surface area (Å²) < 4.78 is 5.08. The summed E-state index contributed by atoms with van der Waals surface area (Å²) >= 11 is 17.8. The van der Waals surface area contributed by atoms with Crippen LogP contribution in [0, 0.1) is 10.1 Å². The van der Waals surface area contributed by atoms with Gasteiger partial charge in [0.25, 0.3) is 5.69 Å². The third-order valence-electron chi connectivity index (χ3n) is 3.26. The second-order valence-electron chi connectivity index (χ2n) is 4.93. The number of nitro benzene ring substituents is 1. The Hall–Kier alpha value is -2.41. The van der Waals surface area contributed by atoms with E-state index in [1.165, 1.54) is 24.3 Å². The first-order chi connectivity index (χ1) is 11.8. The van der Waals surface area contributed by atoms with Gasteiger partial charge < -0.3 is 4.74 Å². The molecule has 0 fully saturated rings. The van der Waals surface area contributed by atoms with Crippen molar-refractivity contribution in [3.8, 4) is 0 Å². The zero-order valence-corrected chi connectivity index (χ0v) is 14.5. The zero-order chi connectivity index (χ0) is 18.1. The number of hydrogen-bond donors (Lipinski definition) is 0. The molecule has 2 aromatic rings. The number of aliphatic imine (C=N–C) groups is 1. The Balaban J connectivity index is 2.00. The summed E-state index contributed by atoms with van der Waals surface area (Å²) in [6.45, 7) is 0. The molecule has 0 unspecified atom stereocenters. The molecule has 0 aliphatic carbocycles. The summed E-state index contributed by atoms with van der Waals surface area (Å²) in [5.74, 6) is -0.811. The van der Waals surface area contributed by atoms with Gasteiger partial charge in [-0.05, 0) is 29.8 Å². The lowest BCUT2D eigenvalue weighted by atomic mass is 10.2. The first-order valence-corrected chi connectivity index (χ1v) is 7.90. The van der Waals surface area contributed by atoms with E-state index >= 15 is 0 Å².